The fraction of sp³-hybridized carbons (Fsp3) is 0.156. The number of hydrogen-bond acceptors (Lipinski definition) is 5. The lowest BCUT2D eigenvalue weighted by molar-refractivity contribution is -0.137. The number of benzene rings is 3. The van der Waals surface area contributed by atoms with Crippen LogP contribution in [0.1, 0.15) is 58.2 Å². The Bertz CT molecular complexity index is 1990. The highest BCUT2D eigenvalue weighted by Gasteiger charge is 2.32. The van der Waals surface area contributed by atoms with Crippen molar-refractivity contribution in [2.24, 2.45) is 0 Å². The number of nitrogens with zero attached hydrogens (tertiary/aromatic N) is 4. The highest BCUT2D eigenvalue weighted by Crippen LogP contribution is 2.39. The maximum Gasteiger partial charge on any atom is 0.416 e. The van der Waals surface area contributed by atoms with Gasteiger partial charge in [-0.2, -0.15) is 23.5 Å². The topological polar surface area (TPSA) is 112 Å². The van der Waals surface area contributed by atoms with Crippen molar-refractivity contribution in [1.29, 1.82) is 5.26 Å². The molecule has 0 aliphatic heterocycles. The van der Waals surface area contributed by atoms with E-state index in [0.717, 1.165) is 12.1 Å². The smallest absolute Gasteiger partial charge is 0.348 e. The predicted molar refractivity (Wildman–Crippen MR) is 161 cm³/mol. The van der Waals surface area contributed by atoms with Crippen LogP contribution in [0.3, 0.4) is 0 Å². The molecule has 0 radical (unpaired) electrons. The Balaban J connectivity index is 0.00000235. The lowest BCUT2D eigenvalue weighted by atomic mass is 9.89. The number of hydrogen-bond donors (Lipinski definition) is 2. The van der Waals surface area contributed by atoms with E-state index < -0.39 is 40.9 Å². The fourth-order valence-corrected chi connectivity index (χ4v) is 5.11. The number of halogens is 6. The summed E-state index contributed by atoms with van der Waals surface area (Å²) in [7, 11) is 0. The monoisotopic (exact) mass is 654 g/mol. The number of fused-ring (bicyclic) bond motifs is 1. The van der Waals surface area contributed by atoms with Crippen LogP contribution in [0.5, 0.6) is 0 Å². The predicted octanol–water partition coefficient (Wildman–Crippen LogP) is 7.64. The number of aromatic nitrogens is 3. The number of pyridine rings is 1. The molecule has 0 saturated carbocycles. The number of rotatable bonds is 7. The maximum absolute atomic E-state index is 14.3. The van der Waals surface area contributed by atoms with Crippen molar-refractivity contribution >= 4 is 35.3 Å². The molecule has 3 aromatic carbocycles. The molecule has 2 N–H and O–H groups in total. The Morgan fingerprint density at radius 3 is 2.46 bits per heavy atom. The molecule has 1 atom stereocenters. The number of nitriles is 1. The van der Waals surface area contributed by atoms with Crippen molar-refractivity contribution in [2.45, 2.75) is 33.0 Å². The van der Waals surface area contributed by atoms with E-state index in [-0.39, 0.29) is 33.6 Å². The maximum atomic E-state index is 14.3. The largest absolute Gasteiger partial charge is 0.416 e. The molecule has 2 heterocycles. The molecule has 236 valence electrons. The minimum atomic E-state index is -4.93. The van der Waals surface area contributed by atoms with E-state index in [1.165, 1.54) is 23.0 Å². The summed E-state index contributed by atoms with van der Waals surface area (Å²) in [4.78, 5) is 29.1. The first kappa shape index (κ1) is 33.5. The Morgan fingerprint density at radius 1 is 1.04 bits per heavy atom. The van der Waals surface area contributed by atoms with Crippen LogP contribution in [0.15, 0.2) is 67.0 Å². The van der Waals surface area contributed by atoms with Crippen LogP contribution in [0.4, 0.5) is 27.6 Å². The van der Waals surface area contributed by atoms with Crippen molar-refractivity contribution < 1.29 is 31.5 Å². The van der Waals surface area contributed by atoms with Gasteiger partial charge in [0.2, 0.25) is 6.41 Å². The van der Waals surface area contributed by atoms with Crippen LogP contribution in [0.25, 0.3) is 16.8 Å². The van der Waals surface area contributed by atoms with Crippen LogP contribution in [-0.4, -0.2) is 26.9 Å². The van der Waals surface area contributed by atoms with Gasteiger partial charge in [-0.25, -0.2) is 18.3 Å². The van der Waals surface area contributed by atoms with E-state index in [4.69, 9.17) is 11.6 Å². The van der Waals surface area contributed by atoms with Crippen LogP contribution >= 0.6 is 11.6 Å². The molecule has 2 amide bonds. The van der Waals surface area contributed by atoms with Crippen LogP contribution < -0.4 is 10.6 Å². The minimum absolute atomic E-state index is 0.0509. The number of alkyl halides is 3. The van der Waals surface area contributed by atoms with Gasteiger partial charge in [-0.1, -0.05) is 31.5 Å². The summed E-state index contributed by atoms with van der Waals surface area (Å²) >= 11 is 6.36. The zero-order valence-corrected chi connectivity index (χ0v) is 25.1. The second-order valence-corrected chi connectivity index (χ2v) is 9.96. The highest BCUT2D eigenvalue weighted by molar-refractivity contribution is 6.31. The summed E-state index contributed by atoms with van der Waals surface area (Å²) in [6, 6.07) is 12.0. The molecular weight excluding hydrogens is 631 g/mol. The van der Waals surface area contributed by atoms with Crippen LogP contribution in [0, 0.1) is 29.9 Å². The third-order valence-electron chi connectivity index (χ3n) is 6.77. The fourth-order valence-electron chi connectivity index (χ4n) is 4.88. The van der Waals surface area contributed by atoms with Gasteiger partial charge >= 0.3 is 6.18 Å². The van der Waals surface area contributed by atoms with Crippen LogP contribution in [0.2, 0.25) is 5.02 Å². The van der Waals surface area contributed by atoms with Gasteiger partial charge in [0.25, 0.3) is 5.91 Å². The summed E-state index contributed by atoms with van der Waals surface area (Å²) in [5.74, 6) is -3.08. The standard InChI is InChI=1S/C30H18ClF5N6O2.C2H6/c1-15-6-16(21-3-5-26-38-13-40-42(26)25(21)12-37)9-24(27(15)28(39-14-43)22-11-19(32)2-4-23(22)31)41-29(44)17-7-18(30(34,35)36)10-20(33)8-17;1-2/h2-11,13-14,28H,1H3,(H,39,43)(H,41,44);1-2H3. The summed E-state index contributed by atoms with van der Waals surface area (Å²) < 4.78 is 69.9. The Hall–Kier alpha value is -5.35. The number of anilines is 1. The molecule has 46 heavy (non-hydrogen) atoms. The Labute approximate surface area is 264 Å². The van der Waals surface area contributed by atoms with Gasteiger partial charge in [0.05, 0.1) is 11.6 Å². The lowest BCUT2D eigenvalue weighted by Gasteiger charge is -2.25. The summed E-state index contributed by atoms with van der Waals surface area (Å²) in [5.41, 5.74) is -0.191. The third-order valence-corrected chi connectivity index (χ3v) is 7.12. The molecule has 0 aliphatic carbocycles. The molecule has 14 heteroatoms. The number of carbonyl (C=O) groups is 2. The van der Waals surface area contributed by atoms with Crippen molar-refractivity contribution in [3.8, 4) is 17.2 Å². The Kier molecular flexibility index (Phi) is 10.0. The van der Waals surface area contributed by atoms with E-state index in [2.05, 4.69) is 26.8 Å². The first-order chi connectivity index (χ1) is 21.9. The van der Waals surface area contributed by atoms with Gasteiger partial charge in [-0.3, -0.25) is 9.59 Å². The van der Waals surface area contributed by atoms with Gasteiger partial charge in [0.1, 0.15) is 24.0 Å². The molecule has 0 saturated heterocycles. The second kappa shape index (κ2) is 13.7. The van der Waals surface area contributed by atoms with Gasteiger partial charge < -0.3 is 10.6 Å². The zero-order valence-electron chi connectivity index (χ0n) is 24.4. The Morgan fingerprint density at radius 2 is 1.78 bits per heavy atom. The van der Waals surface area contributed by atoms with E-state index in [1.807, 2.05) is 13.8 Å². The van der Waals surface area contributed by atoms with Gasteiger partial charge in [-0.05, 0) is 72.6 Å². The van der Waals surface area contributed by atoms with E-state index >= 15 is 0 Å². The molecule has 0 bridgehead atoms. The molecule has 0 spiro atoms. The lowest BCUT2D eigenvalue weighted by Crippen LogP contribution is -2.25. The molecule has 0 fully saturated rings. The first-order valence-corrected chi connectivity index (χ1v) is 14.0. The molecule has 1 unspecified atom stereocenters. The quantitative estimate of drug-likeness (QED) is 0.138. The second-order valence-electron chi connectivity index (χ2n) is 9.56. The molecular formula is C32H24ClF5N6O2. The molecule has 5 aromatic rings. The number of aryl methyl sites for hydroxylation is 1. The van der Waals surface area contributed by atoms with E-state index in [9.17, 15) is 36.8 Å². The molecule has 5 rings (SSSR count). The third kappa shape index (κ3) is 6.82. The highest BCUT2D eigenvalue weighted by atomic mass is 35.5. The molecule has 8 nitrogen and oxygen atoms in total. The van der Waals surface area contributed by atoms with Crippen molar-refractivity contribution in [2.75, 3.05) is 5.32 Å². The first-order valence-electron chi connectivity index (χ1n) is 13.6. The summed E-state index contributed by atoms with van der Waals surface area (Å²) in [5, 5.41) is 19.1. The average Bonchev–Trinajstić information content (AvgIpc) is 3.50. The van der Waals surface area contributed by atoms with E-state index in [0.29, 0.717) is 40.9 Å². The van der Waals surface area contributed by atoms with Gasteiger partial charge in [0.15, 0.2) is 11.3 Å². The van der Waals surface area contributed by atoms with Crippen molar-refractivity contribution in [3.63, 3.8) is 0 Å². The summed E-state index contributed by atoms with van der Waals surface area (Å²) in [6.45, 7) is 5.60. The number of nitrogens with one attached hydrogen (secondary N) is 2. The minimum Gasteiger partial charge on any atom is -0.348 e. The number of carbonyl (C=O) groups excluding carboxylic acids is 2. The summed E-state index contributed by atoms with van der Waals surface area (Å²) in [6.07, 6.45) is -3.34. The normalized spacial score (nSPS) is 11.7. The van der Waals surface area contributed by atoms with Gasteiger partial charge in [-0.15, -0.1) is 0 Å². The van der Waals surface area contributed by atoms with Crippen LogP contribution in [-0.2, 0) is 11.0 Å². The average molecular weight is 655 g/mol. The molecule has 2 aromatic heterocycles. The van der Waals surface area contributed by atoms with Crippen molar-refractivity contribution in [1.82, 2.24) is 19.9 Å². The molecule has 0 aliphatic rings. The van der Waals surface area contributed by atoms with Gasteiger partial charge in [0, 0.05) is 33.0 Å². The zero-order chi connectivity index (χ0) is 33.8. The SMILES string of the molecule is CC.Cc1cc(-c2ccc3ncnn3c2C#N)cc(NC(=O)c2cc(F)cc(C(F)(F)F)c2)c1C(NC=O)c1cc(F)ccc1Cl. The number of amides is 2. The van der Waals surface area contributed by atoms with Crippen molar-refractivity contribution in [3.05, 3.63) is 117 Å². The van der Waals surface area contributed by atoms with E-state index in [1.54, 1.807) is 25.1 Å².